The molecule has 3 aliphatic heterocycles. The highest BCUT2D eigenvalue weighted by atomic mass is 16.5. The van der Waals surface area contributed by atoms with Crippen molar-refractivity contribution in [2.75, 3.05) is 32.6 Å². The van der Waals surface area contributed by atoms with E-state index in [-0.39, 0.29) is 30.2 Å². The van der Waals surface area contributed by atoms with Crippen molar-refractivity contribution >= 4 is 23.4 Å². The van der Waals surface area contributed by atoms with Crippen LogP contribution in [-0.4, -0.2) is 72.3 Å². The van der Waals surface area contributed by atoms with Gasteiger partial charge in [0.05, 0.1) is 24.5 Å². The minimum absolute atomic E-state index is 0.00414. The molecule has 1 spiro atoms. The van der Waals surface area contributed by atoms with Crippen molar-refractivity contribution in [3.63, 3.8) is 0 Å². The van der Waals surface area contributed by atoms with E-state index in [0.717, 1.165) is 6.42 Å². The highest BCUT2D eigenvalue weighted by molar-refractivity contribution is 6.03. The summed E-state index contributed by atoms with van der Waals surface area (Å²) in [6.45, 7) is 4.36. The van der Waals surface area contributed by atoms with E-state index in [9.17, 15) is 14.4 Å². The van der Waals surface area contributed by atoms with E-state index in [1.165, 1.54) is 0 Å². The molecule has 3 unspecified atom stereocenters. The first-order valence-electron chi connectivity index (χ1n) is 12.0. The molecule has 0 saturated carbocycles. The maximum absolute atomic E-state index is 13.8. The summed E-state index contributed by atoms with van der Waals surface area (Å²) in [7, 11) is 3.14. The number of aliphatic hydroxyl groups is 1. The quantitative estimate of drug-likeness (QED) is 0.469. The van der Waals surface area contributed by atoms with Crippen LogP contribution < -0.4 is 15.4 Å². The molecular weight excluding hydrogens is 438 g/mol. The summed E-state index contributed by atoms with van der Waals surface area (Å²) in [6.07, 6.45) is 2.55. The van der Waals surface area contributed by atoms with E-state index >= 15 is 0 Å². The van der Waals surface area contributed by atoms with Crippen LogP contribution in [0.2, 0.25) is 0 Å². The van der Waals surface area contributed by atoms with Gasteiger partial charge in [-0.3, -0.25) is 14.4 Å². The molecule has 3 N–H and O–H groups in total. The average molecular weight is 474 g/mol. The molecule has 1 aromatic carbocycles. The van der Waals surface area contributed by atoms with Crippen LogP contribution in [0.3, 0.4) is 0 Å². The summed E-state index contributed by atoms with van der Waals surface area (Å²) in [5.41, 5.74) is -1.29. The van der Waals surface area contributed by atoms with Gasteiger partial charge in [-0.25, -0.2) is 0 Å². The number of methoxy groups -OCH3 is 1. The molecule has 0 aliphatic carbocycles. The lowest BCUT2D eigenvalue weighted by Gasteiger charge is -2.36. The zero-order valence-electron chi connectivity index (χ0n) is 20.3. The first-order valence-corrected chi connectivity index (χ1v) is 12.0. The van der Waals surface area contributed by atoms with E-state index in [1.807, 2.05) is 13.8 Å². The third-order valence-electron chi connectivity index (χ3n) is 8.01. The number of benzene rings is 1. The van der Waals surface area contributed by atoms with Gasteiger partial charge in [-0.15, -0.1) is 0 Å². The van der Waals surface area contributed by atoms with Crippen LogP contribution in [0.5, 0.6) is 5.75 Å². The van der Waals surface area contributed by atoms with Gasteiger partial charge in [-0.2, -0.15) is 0 Å². The van der Waals surface area contributed by atoms with Crippen LogP contribution in [0, 0.1) is 17.8 Å². The third-order valence-corrected chi connectivity index (χ3v) is 8.01. The second kappa shape index (κ2) is 9.19. The molecular formula is C25H35N3O6. The predicted molar refractivity (Wildman–Crippen MR) is 125 cm³/mol. The zero-order chi connectivity index (χ0) is 24.7. The third kappa shape index (κ3) is 3.65. The number of likely N-dealkylation sites (tertiary alicyclic amines) is 1. The van der Waals surface area contributed by atoms with Crippen LogP contribution in [-0.2, 0) is 19.1 Å². The molecule has 6 atom stereocenters. The summed E-state index contributed by atoms with van der Waals surface area (Å²) < 4.78 is 11.8. The van der Waals surface area contributed by atoms with Crippen molar-refractivity contribution in [3.8, 4) is 5.75 Å². The number of hydrogen-bond acceptors (Lipinski definition) is 6. The fourth-order valence-electron chi connectivity index (χ4n) is 6.29. The number of amides is 3. The molecule has 3 heterocycles. The van der Waals surface area contributed by atoms with Crippen molar-refractivity contribution in [2.24, 2.45) is 17.8 Å². The van der Waals surface area contributed by atoms with Crippen molar-refractivity contribution < 1.29 is 29.0 Å². The number of carbonyl (C=O) groups excluding carboxylic acids is 3. The maximum atomic E-state index is 13.8. The molecule has 3 aliphatic rings. The number of hydrogen-bond donors (Lipinski definition) is 3. The second-order valence-electron chi connectivity index (χ2n) is 9.85. The summed E-state index contributed by atoms with van der Waals surface area (Å²) in [5, 5.41) is 14.8. The monoisotopic (exact) mass is 473 g/mol. The van der Waals surface area contributed by atoms with E-state index in [2.05, 4.69) is 10.6 Å². The van der Waals surface area contributed by atoms with Crippen molar-refractivity contribution in [2.45, 2.75) is 56.8 Å². The van der Waals surface area contributed by atoms with Crippen LogP contribution in [0.15, 0.2) is 24.3 Å². The molecule has 3 amide bonds. The van der Waals surface area contributed by atoms with Crippen molar-refractivity contribution in [1.82, 2.24) is 10.2 Å². The Hall–Kier alpha value is -2.65. The van der Waals surface area contributed by atoms with Gasteiger partial charge < -0.3 is 30.1 Å². The predicted octanol–water partition coefficient (Wildman–Crippen LogP) is 1.55. The maximum Gasteiger partial charge on any atom is 0.250 e. The van der Waals surface area contributed by atoms with E-state index < -0.39 is 29.1 Å². The van der Waals surface area contributed by atoms with Crippen LogP contribution in [0.25, 0.3) is 0 Å². The fourth-order valence-corrected chi connectivity index (χ4v) is 6.29. The van der Waals surface area contributed by atoms with Crippen LogP contribution >= 0.6 is 0 Å². The van der Waals surface area contributed by atoms with Gasteiger partial charge >= 0.3 is 0 Å². The largest absolute Gasteiger partial charge is 0.497 e. The molecule has 0 aromatic heterocycles. The molecule has 34 heavy (non-hydrogen) atoms. The molecule has 9 heteroatoms. The summed E-state index contributed by atoms with van der Waals surface area (Å²) in [6, 6.07) is 6.16. The number of unbranched alkanes of at least 4 members (excludes halogenated alkanes) is 2. The number of nitrogens with one attached hydrogen (secondary N) is 2. The Morgan fingerprint density at radius 3 is 2.53 bits per heavy atom. The van der Waals surface area contributed by atoms with E-state index in [0.29, 0.717) is 37.2 Å². The Balaban J connectivity index is 1.69. The number of nitrogens with zero attached hydrogens (tertiary/aromatic N) is 1. The molecule has 4 rings (SSSR count). The summed E-state index contributed by atoms with van der Waals surface area (Å²) in [4.78, 5) is 42.1. The van der Waals surface area contributed by atoms with Crippen LogP contribution in [0.1, 0.15) is 39.5 Å². The average Bonchev–Trinajstić information content (AvgIpc) is 3.33. The number of fused-ring (bicyclic) bond motifs is 1. The fraction of sp³-hybridized carbons (Fsp3) is 0.640. The standard InChI is InChI=1S/C25H35N3O6/c1-15-14-25-19(18(21(30)26-3)24(15,2)34-25)23(32)28(12-6-5-7-13-29)20(25)22(31)27-16-8-10-17(33-4)11-9-16/h8-11,15,18-20,29H,5-7,12-14H2,1-4H3,(H,26,30)(H,27,31)/t15?,18-,19+,20?,24+,25?/m1/s1. The Kier molecular flexibility index (Phi) is 6.61. The van der Waals surface area contributed by atoms with Gasteiger partial charge in [0.15, 0.2) is 0 Å². The summed E-state index contributed by atoms with van der Waals surface area (Å²) in [5.74, 6) is -1.45. The molecule has 3 fully saturated rings. The lowest BCUT2D eigenvalue weighted by Crippen LogP contribution is -2.54. The zero-order valence-corrected chi connectivity index (χ0v) is 20.3. The van der Waals surface area contributed by atoms with Crippen molar-refractivity contribution in [1.29, 1.82) is 0 Å². The van der Waals surface area contributed by atoms with Gasteiger partial charge in [0, 0.05) is 25.9 Å². The van der Waals surface area contributed by atoms with Gasteiger partial charge in [0.1, 0.15) is 17.4 Å². The Bertz CT molecular complexity index is 952. The van der Waals surface area contributed by atoms with Crippen molar-refractivity contribution in [3.05, 3.63) is 24.3 Å². The van der Waals surface area contributed by atoms with Gasteiger partial charge in [0.25, 0.3) is 0 Å². The molecule has 1 aromatic rings. The minimum Gasteiger partial charge on any atom is -0.497 e. The smallest absolute Gasteiger partial charge is 0.250 e. The number of rotatable bonds is 9. The number of aliphatic hydroxyl groups excluding tert-OH is 1. The Morgan fingerprint density at radius 1 is 1.21 bits per heavy atom. The topological polar surface area (TPSA) is 117 Å². The number of carbonyl (C=O) groups is 3. The second-order valence-corrected chi connectivity index (χ2v) is 9.85. The normalized spacial score (nSPS) is 33.7. The SMILES string of the molecule is CNC(=O)[C@H]1[C@H]2C(=O)N(CCCCCO)C(C(=O)Nc3ccc(OC)cc3)C23CC(C)[C@]1(C)O3. The number of ether oxygens (including phenoxy) is 2. The molecule has 3 saturated heterocycles. The van der Waals surface area contributed by atoms with Gasteiger partial charge in [-0.1, -0.05) is 6.92 Å². The molecule has 0 radical (unpaired) electrons. The van der Waals surface area contributed by atoms with Gasteiger partial charge in [-0.05, 0) is 62.8 Å². The molecule has 186 valence electrons. The lowest BCUT2D eigenvalue weighted by molar-refractivity contribution is -0.146. The Labute approximate surface area is 200 Å². The Morgan fingerprint density at radius 2 is 1.91 bits per heavy atom. The van der Waals surface area contributed by atoms with E-state index in [1.54, 1.807) is 43.3 Å². The molecule has 2 bridgehead atoms. The highest BCUT2D eigenvalue weighted by Gasteiger charge is 2.79. The molecule has 9 nitrogen and oxygen atoms in total. The first-order chi connectivity index (χ1) is 16.2. The number of anilines is 1. The van der Waals surface area contributed by atoms with E-state index in [4.69, 9.17) is 14.6 Å². The first kappa shape index (κ1) is 24.5. The summed E-state index contributed by atoms with van der Waals surface area (Å²) >= 11 is 0. The lowest BCUT2D eigenvalue weighted by atomic mass is 9.62. The van der Waals surface area contributed by atoms with Gasteiger partial charge in [0.2, 0.25) is 17.7 Å². The van der Waals surface area contributed by atoms with Crippen LogP contribution in [0.4, 0.5) is 5.69 Å². The highest BCUT2D eigenvalue weighted by Crippen LogP contribution is 2.65. The minimum atomic E-state index is -1.06.